The Hall–Kier alpha value is -1.05. The van der Waals surface area contributed by atoms with E-state index >= 15 is 0 Å². The molecular formula is C10H8N4S3. The summed E-state index contributed by atoms with van der Waals surface area (Å²) in [5.74, 6) is 0. The molecule has 0 unspecified atom stereocenters. The van der Waals surface area contributed by atoms with Gasteiger partial charge in [0.05, 0.1) is 0 Å². The minimum absolute atomic E-state index is 0.911. The summed E-state index contributed by atoms with van der Waals surface area (Å²) >= 11 is 4.80. The summed E-state index contributed by atoms with van der Waals surface area (Å²) in [6, 6.07) is 2.17. The van der Waals surface area contributed by atoms with Gasteiger partial charge in [-0.2, -0.15) is 0 Å². The van der Waals surface area contributed by atoms with E-state index in [0.29, 0.717) is 0 Å². The van der Waals surface area contributed by atoms with Crippen molar-refractivity contribution in [2.24, 2.45) is 0 Å². The summed E-state index contributed by atoms with van der Waals surface area (Å²) in [7, 11) is 0. The van der Waals surface area contributed by atoms with Crippen LogP contribution in [0.5, 0.6) is 0 Å². The zero-order chi connectivity index (χ0) is 11.7. The topological polar surface area (TPSA) is 51.6 Å². The van der Waals surface area contributed by atoms with Crippen LogP contribution in [0.25, 0.3) is 10.2 Å². The molecule has 17 heavy (non-hydrogen) atoms. The molecule has 0 fully saturated rings. The first-order valence-corrected chi connectivity index (χ1v) is 7.55. The summed E-state index contributed by atoms with van der Waals surface area (Å²) in [4.78, 5) is 11.0. The minimum atomic E-state index is 0.911. The highest BCUT2D eigenvalue weighted by Gasteiger charge is 2.10. The standard InChI is InChI=1S/C10H8N4S3/c1-2-6-3-7-8(16-6)11-4-12-9(7)17-10-14-13-5-15-10/h3-5H,2H2,1H3. The minimum Gasteiger partial charge on any atom is -0.229 e. The number of hydrogen-bond donors (Lipinski definition) is 0. The van der Waals surface area contributed by atoms with Gasteiger partial charge in [-0.3, -0.25) is 0 Å². The van der Waals surface area contributed by atoms with E-state index in [4.69, 9.17) is 0 Å². The molecule has 0 amide bonds. The highest BCUT2D eigenvalue weighted by atomic mass is 32.2. The Morgan fingerprint density at radius 1 is 1.35 bits per heavy atom. The van der Waals surface area contributed by atoms with E-state index in [9.17, 15) is 0 Å². The molecule has 3 heterocycles. The second-order valence-electron chi connectivity index (χ2n) is 3.27. The van der Waals surface area contributed by atoms with Crippen molar-refractivity contribution in [3.63, 3.8) is 0 Å². The van der Waals surface area contributed by atoms with Gasteiger partial charge in [-0.05, 0) is 24.2 Å². The van der Waals surface area contributed by atoms with Crippen LogP contribution in [0.3, 0.4) is 0 Å². The maximum Gasteiger partial charge on any atom is 0.180 e. The summed E-state index contributed by atoms with van der Waals surface area (Å²) in [5, 5.41) is 9.93. The largest absolute Gasteiger partial charge is 0.229 e. The molecule has 0 N–H and O–H groups in total. The molecule has 3 rings (SSSR count). The van der Waals surface area contributed by atoms with Crippen LogP contribution in [-0.2, 0) is 6.42 Å². The van der Waals surface area contributed by atoms with Crippen LogP contribution in [0.2, 0.25) is 0 Å². The van der Waals surface area contributed by atoms with Crippen molar-refractivity contribution in [2.45, 2.75) is 22.7 Å². The average Bonchev–Trinajstić information content (AvgIpc) is 2.97. The zero-order valence-electron chi connectivity index (χ0n) is 8.95. The fourth-order valence-electron chi connectivity index (χ4n) is 1.43. The Labute approximate surface area is 110 Å². The second kappa shape index (κ2) is 4.67. The molecule has 0 aliphatic rings. The third-order valence-corrected chi connectivity index (χ3v) is 5.20. The quantitative estimate of drug-likeness (QED) is 0.689. The predicted molar refractivity (Wildman–Crippen MR) is 70.8 cm³/mol. The molecule has 86 valence electrons. The number of fused-ring (bicyclic) bond motifs is 1. The highest BCUT2D eigenvalue weighted by Crippen LogP contribution is 2.34. The molecule has 0 atom stereocenters. The van der Waals surface area contributed by atoms with E-state index < -0.39 is 0 Å². The van der Waals surface area contributed by atoms with Gasteiger partial charge in [0.25, 0.3) is 0 Å². The molecular weight excluding hydrogens is 272 g/mol. The van der Waals surface area contributed by atoms with E-state index in [1.54, 1.807) is 34.9 Å². The second-order valence-corrected chi connectivity index (χ2v) is 6.45. The van der Waals surface area contributed by atoms with E-state index in [1.165, 1.54) is 16.2 Å². The smallest absolute Gasteiger partial charge is 0.180 e. The lowest BCUT2D eigenvalue weighted by atomic mass is 10.3. The van der Waals surface area contributed by atoms with Gasteiger partial charge in [0.2, 0.25) is 0 Å². The van der Waals surface area contributed by atoms with E-state index in [1.807, 2.05) is 0 Å². The van der Waals surface area contributed by atoms with Crippen LogP contribution in [0.15, 0.2) is 27.3 Å². The molecule has 0 aromatic carbocycles. The Bertz CT molecular complexity index is 632. The monoisotopic (exact) mass is 280 g/mol. The van der Waals surface area contributed by atoms with Crippen molar-refractivity contribution >= 4 is 44.7 Å². The van der Waals surface area contributed by atoms with Crippen LogP contribution < -0.4 is 0 Å². The van der Waals surface area contributed by atoms with Gasteiger partial charge in [0.15, 0.2) is 4.34 Å². The summed E-state index contributed by atoms with van der Waals surface area (Å²) in [5.41, 5.74) is 1.73. The first-order chi connectivity index (χ1) is 8.36. The lowest BCUT2D eigenvalue weighted by Crippen LogP contribution is -1.82. The normalized spacial score (nSPS) is 11.1. The lowest BCUT2D eigenvalue weighted by molar-refractivity contribution is 1.01. The molecule has 7 heteroatoms. The molecule has 3 aromatic heterocycles. The van der Waals surface area contributed by atoms with Gasteiger partial charge >= 0.3 is 0 Å². The predicted octanol–water partition coefficient (Wildman–Crippen LogP) is 3.26. The third-order valence-electron chi connectivity index (χ3n) is 2.22. The summed E-state index contributed by atoms with van der Waals surface area (Å²) in [6.45, 7) is 2.15. The van der Waals surface area contributed by atoms with E-state index in [0.717, 1.165) is 26.0 Å². The van der Waals surface area contributed by atoms with Crippen molar-refractivity contribution < 1.29 is 0 Å². The number of nitrogens with zero attached hydrogens (tertiary/aromatic N) is 4. The number of aryl methyl sites for hydroxylation is 1. The average molecular weight is 280 g/mol. The lowest BCUT2D eigenvalue weighted by Gasteiger charge is -1.96. The third kappa shape index (κ3) is 2.18. The van der Waals surface area contributed by atoms with Gasteiger partial charge in [-0.15, -0.1) is 21.5 Å². The summed E-state index contributed by atoms with van der Waals surface area (Å²) < 4.78 is 0.911. The van der Waals surface area contributed by atoms with Crippen molar-refractivity contribution in [3.8, 4) is 0 Å². The van der Waals surface area contributed by atoms with Crippen LogP contribution >= 0.6 is 34.4 Å². The van der Waals surface area contributed by atoms with Gasteiger partial charge in [-0.25, -0.2) is 9.97 Å². The van der Waals surface area contributed by atoms with Gasteiger partial charge < -0.3 is 0 Å². The molecule has 0 aliphatic heterocycles. The van der Waals surface area contributed by atoms with E-state index in [-0.39, 0.29) is 0 Å². The van der Waals surface area contributed by atoms with Crippen LogP contribution in [0.1, 0.15) is 11.8 Å². The first-order valence-electron chi connectivity index (χ1n) is 5.04. The number of aromatic nitrogens is 4. The molecule has 0 radical (unpaired) electrons. The van der Waals surface area contributed by atoms with Crippen molar-refractivity contribution in [3.05, 3.63) is 22.8 Å². The molecule has 0 bridgehead atoms. The Kier molecular flexibility index (Phi) is 3.04. The number of rotatable bonds is 3. The fraction of sp³-hybridized carbons (Fsp3) is 0.200. The molecule has 0 spiro atoms. The van der Waals surface area contributed by atoms with Gasteiger partial charge in [0, 0.05) is 10.3 Å². The molecule has 4 nitrogen and oxygen atoms in total. The van der Waals surface area contributed by atoms with Crippen LogP contribution in [0, 0.1) is 0 Å². The molecule has 0 saturated heterocycles. The number of thiophene rings is 1. The van der Waals surface area contributed by atoms with Gasteiger partial charge in [0.1, 0.15) is 21.7 Å². The highest BCUT2D eigenvalue weighted by molar-refractivity contribution is 8.01. The number of hydrogen-bond acceptors (Lipinski definition) is 7. The van der Waals surface area contributed by atoms with E-state index in [2.05, 4.69) is 33.2 Å². The Balaban J connectivity index is 2.06. The van der Waals surface area contributed by atoms with Crippen LogP contribution in [0.4, 0.5) is 0 Å². The van der Waals surface area contributed by atoms with Crippen molar-refractivity contribution in [1.82, 2.24) is 20.2 Å². The maximum absolute atomic E-state index is 4.33. The van der Waals surface area contributed by atoms with Crippen molar-refractivity contribution in [2.75, 3.05) is 0 Å². The SMILES string of the molecule is CCc1cc2c(Sc3nncs3)ncnc2s1. The Morgan fingerprint density at radius 3 is 3.06 bits per heavy atom. The Morgan fingerprint density at radius 2 is 2.29 bits per heavy atom. The van der Waals surface area contributed by atoms with Crippen LogP contribution in [-0.4, -0.2) is 20.2 Å². The van der Waals surface area contributed by atoms with Crippen molar-refractivity contribution in [1.29, 1.82) is 0 Å². The summed E-state index contributed by atoms with van der Waals surface area (Å²) in [6.07, 6.45) is 2.64. The maximum atomic E-state index is 4.33. The van der Waals surface area contributed by atoms with Gasteiger partial charge in [-0.1, -0.05) is 18.3 Å². The molecule has 0 saturated carbocycles. The fourth-order valence-corrected chi connectivity index (χ4v) is 3.88. The molecule has 3 aromatic rings. The first kappa shape index (κ1) is 11.1. The zero-order valence-corrected chi connectivity index (χ0v) is 11.4. The molecule has 0 aliphatic carbocycles.